The fraction of sp³-hybridized carbons (Fsp3) is 0.286. The van der Waals surface area contributed by atoms with E-state index in [1.807, 2.05) is 6.92 Å². The van der Waals surface area contributed by atoms with E-state index >= 15 is 0 Å². The lowest BCUT2D eigenvalue weighted by atomic mass is 9.95. The number of allylic oxidation sites excluding steroid dienone is 1. The minimum Gasteiger partial charge on any atom is -0.493 e. The number of ether oxygens (including phenoxy) is 4. The molecular formula is C28H26Cl2N2O8S. The molecule has 216 valence electrons. The summed E-state index contributed by atoms with van der Waals surface area (Å²) in [6.45, 7) is 5.15. The zero-order valence-electron chi connectivity index (χ0n) is 22.5. The quantitative estimate of drug-likeness (QED) is 0.337. The molecule has 0 saturated heterocycles. The molecule has 0 bridgehead atoms. The molecule has 4 rings (SSSR count). The molecule has 0 fully saturated rings. The molecule has 41 heavy (non-hydrogen) atoms. The van der Waals surface area contributed by atoms with Crippen LogP contribution in [0.15, 0.2) is 51.4 Å². The van der Waals surface area contributed by atoms with Gasteiger partial charge in [0.25, 0.3) is 5.56 Å². The van der Waals surface area contributed by atoms with Gasteiger partial charge in [0.05, 0.1) is 52.2 Å². The van der Waals surface area contributed by atoms with Crippen molar-refractivity contribution >= 4 is 52.6 Å². The Balaban J connectivity index is 1.90. The zero-order valence-corrected chi connectivity index (χ0v) is 24.9. The summed E-state index contributed by atoms with van der Waals surface area (Å²) in [4.78, 5) is 42.8. The Morgan fingerprint density at radius 1 is 1.10 bits per heavy atom. The van der Waals surface area contributed by atoms with Crippen molar-refractivity contribution in [3.05, 3.63) is 82.5 Å². The maximum atomic E-state index is 13.9. The van der Waals surface area contributed by atoms with Crippen LogP contribution in [0.2, 0.25) is 10.0 Å². The number of carboxylic acids is 1. The third-order valence-electron chi connectivity index (χ3n) is 5.98. The van der Waals surface area contributed by atoms with Crippen LogP contribution >= 0.6 is 34.5 Å². The van der Waals surface area contributed by atoms with Crippen molar-refractivity contribution in [1.82, 2.24) is 4.57 Å². The number of fused-ring (bicyclic) bond motifs is 1. The topological polar surface area (TPSA) is 126 Å². The van der Waals surface area contributed by atoms with Gasteiger partial charge < -0.3 is 24.1 Å². The molecule has 1 N–H and O–H groups in total. The van der Waals surface area contributed by atoms with E-state index in [4.69, 9.17) is 47.3 Å². The van der Waals surface area contributed by atoms with Crippen molar-refractivity contribution in [2.75, 3.05) is 26.9 Å². The summed E-state index contributed by atoms with van der Waals surface area (Å²) in [5.41, 5.74) is 1.32. The number of halogens is 2. The molecule has 0 radical (unpaired) electrons. The molecule has 0 unspecified atom stereocenters. The van der Waals surface area contributed by atoms with Crippen LogP contribution in [0, 0.1) is 0 Å². The number of carboxylic acid groups (broad SMARTS) is 1. The van der Waals surface area contributed by atoms with Crippen LogP contribution in [0.3, 0.4) is 0 Å². The Labute approximate surface area is 248 Å². The molecule has 0 spiro atoms. The highest BCUT2D eigenvalue weighted by molar-refractivity contribution is 7.07. The smallest absolute Gasteiger partial charge is 0.341 e. The van der Waals surface area contributed by atoms with Crippen LogP contribution in [0.4, 0.5) is 0 Å². The summed E-state index contributed by atoms with van der Waals surface area (Å²) in [7, 11) is 1.53. The maximum absolute atomic E-state index is 13.9. The van der Waals surface area contributed by atoms with Gasteiger partial charge in [0, 0.05) is 0 Å². The van der Waals surface area contributed by atoms with E-state index in [1.54, 1.807) is 38.1 Å². The molecule has 3 aromatic rings. The van der Waals surface area contributed by atoms with Crippen LogP contribution in [-0.2, 0) is 14.3 Å². The second-order valence-electron chi connectivity index (χ2n) is 8.64. The van der Waals surface area contributed by atoms with Crippen LogP contribution in [0.5, 0.6) is 17.2 Å². The van der Waals surface area contributed by atoms with E-state index in [2.05, 4.69) is 4.99 Å². The first-order valence-corrected chi connectivity index (χ1v) is 14.0. The number of aromatic nitrogens is 1. The summed E-state index contributed by atoms with van der Waals surface area (Å²) in [5, 5.41) is 9.05. The zero-order chi connectivity index (χ0) is 29.8. The van der Waals surface area contributed by atoms with Gasteiger partial charge >= 0.3 is 11.9 Å². The van der Waals surface area contributed by atoms with E-state index in [0.29, 0.717) is 44.3 Å². The first-order chi connectivity index (χ1) is 19.6. The minimum absolute atomic E-state index is 0.0219. The third kappa shape index (κ3) is 6.27. The molecule has 1 aromatic heterocycles. The molecule has 0 saturated carbocycles. The van der Waals surface area contributed by atoms with Gasteiger partial charge in [0.2, 0.25) is 0 Å². The Morgan fingerprint density at radius 2 is 1.80 bits per heavy atom. The Kier molecular flexibility index (Phi) is 9.42. The normalized spacial score (nSPS) is 14.8. The Morgan fingerprint density at radius 3 is 2.41 bits per heavy atom. The number of hydrogen-bond donors (Lipinski definition) is 1. The van der Waals surface area contributed by atoms with Crippen LogP contribution < -0.4 is 29.1 Å². The number of carbonyl (C=O) groups is 2. The van der Waals surface area contributed by atoms with Crippen LogP contribution in [0.25, 0.3) is 6.08 Å². The molecule has 10 nitrogen and oxygen atoms in total. The number of aliphatic carboxylic acids is 1. The number of methoxy groups -OCH3 is 1. The van der Waals surface area contributed by atoms with Gasteiger partial charge in [-0.2, -0.15) is 0 Å². The number of carbonyl (C=O) groups excluding carboxylic acids is 1. The van der Waals surface area contributed by atoms with Gasteiger partial charge in [-0.25, -0.2) is 14.6 Å². The molecule has 2 aromatic carbocycles. The maximum Gasteiger partial charge on any atom is 0.341 e. The van der Waals surface area contributed by atoms with Crippen molar-refractivity contribution in [3.63, 3.8) is 0 Å². The average molecular weight is 621 g/mol. The second-order valence-corrected chi connectivity index (χ2v) is 10.5. The van der Waals surface area contributed by atoms with E-state index in [0.717, 1.165) is 11.3 Å². The lowest BCUT2D eigenvalue weighted by Gasteiger charge is -2.25. The summed E-state index contributed by atoms with van der Waals surface area (Å²) < 4.78 is 23.4. The predicted molar refractivity (Wildman–Crippen MR) is 154 cm³/mol. The van der Waals surface area contributed by atoms with E-state index in [1.165, 1.54) is 23.8 Å². The highest BCUT2D eigenvalue weighted by atomic mass is 35.5. The lowest BCUT2D eigenvalue weighted by Crippen LogP contribution is -2.40. The van der Waals surface area contributed by atoms with Gasteiger partial charge in [-0.05, 0) is 62.2 Å². The van der Waals surface area contributed by atoms with E-state index < -0.39 is 30.1 Å². The second kappa shape index (κ2) is 12.8. The fourth-order valence-electron chi connectivity index (χ4n) is 4.32. The number of thiazole rings is 1. The number of benzene rings is 2. The molecule has 1 aliphatic rings. The van der Waals surface area contributed by atoms with Gasteiger partial charge in [-0.15, -0.1) is 0 Å². The molecule has 2 heterocycles. The molecule has 0 amide bonds. The molecular weight excluding hydrogens is 595 g/mol. The Bertz CT molecular complexity index is 1700. The molecule has 0 aliphatic carbocycles. The van der Waals surface area contributed by atoms with Crippen molar-refractivity contribution in [3.8, 4) is 17.2 Å². The van der Waals surface area contributed by atoms with Crippen molar-refractivity contribution in [2.45, 2.75) is 26.8 Å². The van der Waals surface area contributed by atoms with Crippen molar-refractivity contribution in [2.24, 2.45) is 4.99 Å². The van der Waals surface area contributed by atoms with Crippen molar-refractivity contribution in [1.29, 1.82) is 0 Å². The number of rotatable bonds is 10. The van der Waals surface area contributed by atoms with Gasteiger partial charge in [0.15, 0.2) is 28.7 Å². The molecule has 1 atom stereocenters. The number of hydrogen-bond acceptors (Lipinski definition) is 9. The predicted octanol–water partition coefficient (Wildman–Crippen LogP) is 3.98. The summed E-state index contributed by atoms with van der Waals surface area (Å²) in [6, 6.07) is 7.37. The largest absolute Gasteiger partial charge is 0.493 e. The highest BCUT2D eigenvalue weighted by Crippen LogP contribution is 2.37. The van der Waals surface area contributed by atoms with E-state index in [9.17, 15) is 14.4 Å². The summed E-state index contributed by atoms with van der Waals surface area (Å²) in [6.07, 6.45) is 1.59. The minimum atomic E-state index is -1.18. The monoisotopic (exact) mass is 620 g/mol. The van der Waals surface area contributed by atoms with E-state index in [-0.39, 0.29) is 28.0 Å². The first-order valence-electron chi connectivity index (χ1n) is 12.4. The highest BCUT2D eigenvalue weighted by Gasteiger charge is 2.34. The summed E-state index contributed by atoms with van der Waals surface area (Å²) >= 11 is 13.7. The standard InChI is InChI=1S/C28H26Cl2N2O8S/c1-5-38-20-12-16(7-8-19(20)37-4)24-23(27(36)39-6-2)14(3)31-28-32(24)26(35)21(41-28)11-15-9-17(29)25(18(30)10-15)40-13-22(33)34/h7-12,24H,5-6,13H2,1-4H3,(H,33,34)/b21-11-/t24-/m1/s1. The van der Waals surface area contributed by atoms with Gasteiger partial charge in [-0.3, -0.25) is 9.36 Å². The third-order valence-corrected chi connectivity index (χ3v) is 7.52. The SMILES string of the molecule is CCOC(=O)C1=C(C)N=c2s/c(=C\c3cc(Cl)c(OCC(=O)O)c(Cl)c3)c(=O)n2[C@@H]1c1ccc(OC)c(OCC)c1. The van der Waals surface area contributed by atoms with Crippen LogP contribution in [-0.4, -0.2) is 48.5 Å². The average Bonchev–Trinajstić information content (AvgIpc) is 3.21. The van der Waals surface area contributed by atoms with Crippen LogP contribution in [0.1, 0.15) is 37.9 Å². The fourth-order valence-corrected chi connectivity index (χ4v) is 5.98. The Hall–Kier alpha value is -3.80. The van der Waals surface area contributed by atoms with Gasteiger partial charge in [0.1, 0.15) is 0 Å². The van der Waals surface area contributed by atoms with Crippen molar-refractivity contribution < 1.29 is 33.6 Å². The molecule has 1 aliphatic heterocycles. The van der Waals surface area contributed by atoms with Gasteiger partial charge in [-0.1, -0.05) is 40.6 Å². The first kappa shape index (κ1) is 30.2. The number of nitrogens with zero attached hydrogens (tertiary/aromatic N) is 2. The summed E-state index contributed by atoms with van der Waals surface area (Å²) in [5.74, 6) is -0.779. The number of esters is 1. The lowest BCUT2D eigenvalue weighted by molar-refractivity contribution is -0.140. The molecule has 13 heteroatoms.